The standard InChI is InChI=1S/C22H22N4O/c1-13(2)11-26-12-24-20-21(26)18-10-17(7-8-19(18)25-22(20)23)16-6-4-5-15(9-16)14(3)27/h4-10,12-13H,11H2,1-3H3,(H2,23,25). The summed E-state index contributed by atoms with van der Waals surface area (Å²) >= 11 is 0. The topological polar surface area (TPSA) is 73.8 Å². The normalized spacial score (nSPS) is 11.6. The van der Waals surface area contributed by atoms with E-state index < -0.39 is 0 Å². The number of carbonyl (C=O) groups excluding carboxylic acids is 1. The van der Waals surface area contributed by atoms with Gasteiger partial charge in [0.2, 0.25) is 0 Å². The van der Waals surface area contributed by atoms with Gasteiger partial charge in [0.25, 0.3) is 0 Å². The quantitative estimate of drug-likeness (QED) is 0.537. The lowest BCUT2D eigenvalue weighted by molar-refractivity contribution is 0.101. The van der Waals surface area contributed by atoms with Crippen LogP contribution in [0.4, 0.5) is 5.82 Å². The van der Waals surface area contributed by atoms with Crippen LogP contribution >= 0.6 is 0 Å². The van der Waals surface area contributed by atoms with Crippen LogP contribution in [0.25, 0.3) is 33.1 Å². The van der Waals surface area contributed by atoms with Crippen LogP contribution in [0.2, 0.25) is 0 Å². The zero-order valence-corrected chi connectivity index (χ0v) is 15.7. The highest BCUT2D eigenvalue weighted by atomic mass is 16.1. The number of rotatable bonds is 4. The summed E-state index contributed by atoms with van der Waals surface area (Å²) in [7, 11) is 0. The van der Waals surface area contributed by atoms with E-state index in [1.165, 1.54) is 0 Å². The smallest absolute Gasteiger partial charge is 0.159 e. The molecule has 2 N–H and O–H groups in total. The summed E-state index contributed by atoms with van der Waals surface area (Å²) in [5.41, 5.74) is 11.5. The lowest BCUT2D eigenvalue weighted by Gasteiger charge is -2.11. The molecule has 5 nitrogen and oxygen atoms in total. The van der Waals surface area contributed by atoms with Crippen molar-refractivity contribution in [2.45, 2.75) is 27.3 Å². The van der Waals surface area contributed by atoms with Gasteiger partial charge in [0.05, 0.1) is 17.4 Å². The Morgan fingerprint density at radius 3 is 2.67 bits per heavy atom. The fourth-order valence-electron chi connectivity index (χ4n) is 3.49. The van der Waals surface area contributed by atoms with Gasteiger partial charge in [-0.25, -0.2) is 9.97 Å². The largest absolute Gasteiger partial charge is 0.382 e. The Hall–Kier alpha value is -3.21. The lowest BCUT2D eigenvalue weighted by Crippen LogP contribution is -2.04. The summed E-state index contributed by atoms with van der Waals surface area (Å²) in [6.45, 7) is 6.80. The molecule has 0 aliphatic carbocycles. The third-order valence-corrected chi connectivity index (χ3v) is 4.74. The average molecular weight is 358 g/mol. The third-order valence-electron chi connectivity index (χ3n) is 4.74. The van der Waals surface area contributed by atoms with E-state index in [4.69, 9.17) is 5.73 Å². The minimum absolute atomic E-state index is 0.0597. The number of hydrogen-bond acceptors (Lipinski definition) is 4. The van der Waals surface area contributed by atoms with E-state index in [0.29, 0.717) is 17.3 Å². The maximum atomic E-state index is 11.7. The molecule has 0 unspecified atom stereocenters. The van der Waals surface area contributed by atoms with Gasteiger partial charge in [-0.05, 0) is 42.2 Å². The predicted octanol–water partition coefficient (Wildman–Crippen LogP) is 4.69. The van der Waals surface area contributed by atoms with E-state index >= 15 is 0 Å². The Morgan fingerprint density at radius 2 is 1.93 bits per heavy atom. The summed E-state index contributed by atoms with van der Waals surface area (Å²) < 4.78 is 2.15. The molecule has 0 saturated heterocycles. The van der Waals surface area contributed by atoms with Gasteiger partial charge in [-0.1, -0.05) is 38.1 Å². The summed E-state index contributed by atoms with van der Waals surface area (Å²) in [5.74, 6) is 0.998. The molecule has 4 rings (SSSR count). The number of carbonyl (C=O) groups is 1. The maximum Gasteiger partial charge on any atom is 0.159 e. The monoisotopic (exact) mass is 358 g/mol. The second-order valence-corrected chi connectivity index (χ2v) is 7.35. The summed E-state index contributed by atoms with van der Waals surface area (Å²) in [6, 6.07) is 13.8. The Bertz CT molecular complexity index is 1170. The van der Waals surface area contributed by atoms with Gasteiger partial charge in [-0.15, -0.1) is 0 Å². The van der Waals surface area contributed by atoms with Gasteiger partial charge in [0.15, 0.2) is 11.6 Å². The first-order valence-corrected chi connectivity index (χ1v) is 9.09. The second kappa shape index (κ2) is 6.50. The summed E-state index contributed by atoms with van der Waals surface area (Å²) in [6.07, 6.45) is 1.84. The molecule has 0 spiro atoms. The van der Waals surface area contributed by atoms with Gasteiger partial charge >= 0.3 is 0 Å². The zero-order valence-electron chi connectivity index (χ0n) is 15.7. The zero-order chi connectivity index (χ0) is 19.1. The number of nitrogen functional groups attached to an aromatic ring is 1. The van der Waals surface area contributed by atoms with E-state index in [1.54, 1.807) is 6.92 Å². The van der Waals surface area contributed by atoms with E-state index in [9.17, 15) is 4.79 Å². The Labute approximate surface area is 157 Å². The number of ketones is 1. The highest BCUT2D eigenvalue weighted by Gasteiger charge is 2.14. The molecule has 2 heterocycles. The van der Waals surface area contributed by atoms with E-state index in [1.807, 2.05) is 42.7 Å². The molecule has 0 atom stereocenters. The molecule has 0 fully saturated rings. The van der Waals surface area contributed by atoms with Gasteiger partial charge in [0.1, 0.15) is 5.52 Å². The molecule has 27 heavy (non-hydrogen) atoms. The molecule has 0 aliphatic rings. The number of benzene rings is 2. The average Bonchev–Trinajstić information content (AvgIpc) is 3.05. The molecule has 0 saturated carbocycles. The number of hydrogen-bond donors (Lipinski definition) is 1. The fourth-order valence-corrected chi connectivity index (χ4v) is 3.49. The number of aromatic nitrogens is 3. The molecule has 0 bridgehead atoms. The van der Waals surface area contributed by atoms with Crippen LogP contribution in [0.5, 0.6) is 0 Å². The van der Waals surface area contributed by atoms with Crippen molar-refractivity contribution < 1.29 is 4.79 Å². The van der Waals surface area contributed by atoms with Crippen molar-refractivity contribution in [3.05, 3.63) is 54.4 Å². The minimum Gasteiger partial charge on any atom is -0.382 e. The van der Waals surface area contributed by atoms with Crippen molar-refractivity contribution in [2.24, 2.45) is 5.92 Å². The molecule has 0 radical (unpaired) electrons. The first kappa shape index (κ1) is 17.2. The Kier molecular flexibility index (Phi) is 4.15. The fraction of sp³-hybridized carbons (Fsp3) is 0.227. The molecule has 4 aromatic rings. The van der Waals surface area contributed by atoms with Crippen molar-refractivity contribution in [2.75, 3.05) is 5.73 Å². The van der Waals surface area contributed by atoms with Crippen LogP contribution < -0.4 is 5.73 Å². The molecule has 136 valence electrons. The van der Waals surface area contributed by atoms with Gasteiger partial charge < -0.3 is 10.3 Å². The van der Waals surface area contributed by atoms with Gasteiger partial charge in [0, 0.05) is 17.5 Å². The number of nitrogens with zero attached hydrogens (tertiary/aromatic N) is 3. The van der Waals surface area contributed by atoms with E-state index in [-0.39, 0.29) is 5.78 Å². The van der Waals surface area contributed by atoms with Gasteiger partial charge in [-0.3, -0.25) is 4.79 Å². The molecule has 5 heteroatoms. The number of imidazole rings is 1. The maximum absolute atomic E-state index is 11.7. The van der Waals surface area contributed by atoms with E-state index in [0.717, 1.165) is 39.6 Å². The molecular weight excluding hydrogens is 336 g/mol. The molecule has 0 amide bonds. The first-order chi connectivity index (χ1) is 12.9. The van der Waals surface area contributed by atoms with Crippen molar-refractivity contribution in [3.8, 4) is 11.1 Å². The van der Waals surface area contributed by atoms with Crippen molar-refractivity contribution in [1.29, 1.82) is 0 Å². The SMILES string of the molecule is CC(=O)c1cccc(-c2ccc3nc(N)c4ncn(CC(C)C)c4c3c2)c1. The summed E-state index contributed by atoms with van der Waals surface area (Å²) in [5, 5.41) is 1.02. The Balaban J connectivity index is 1.97. The van der Waals surface area contributed by atoms with Crippen LogP contribution in [0.1, 0.15) is 31.1 Å². The van der Waals surface area contributed by atoms with Gasteiger partial charge in [-0.2, -0.15) is 0 Å². The van der Waals surface area contributed by atoms with E-state index in [2.05, 4.69) is 34.4 Å². The lowest BCUT2D eigenvalue weighted by atomic mass is 9.99. The molecule has 0 aliphatic heterocycles. The van der Waals surface area contributed by atoms with Crippen LogP contribution in [-0.4, -0.2) is 20.3 Å². The number of anilines is 1. The van der Waals surface area contributed by atoms with Crippen molar-refractivity contribution in [1.82, 2.24) is 14.5 Å². The number of Topliss-reactive ketones (excluding diaryl/α,β-unsaturated/α-hetero) is 1. The van der Waals surface area contributed by atoms with Crippen LogP contribution in [-0.2, 0) is 6.54 Å². The number of nitrogens with two attached hydrogens (primary N) is 1. The van der Waals surface area contributed by atoms with Crippen molar-refractivity contribution >= 4 is 33.5 Å². The first-order valence-electron chi connectivity index (χ1n) is 9.09. The minimum atomic E-state index is 0.0597. The molecule has 2 aromatic heterocycles. The highest BCUT2D eigenvalue weighted by Crippen LogP contribution is 2.31. The van der Waals surface area contributed by atoms with Crippen LogP contribution in [0, 0.1) is 5.92 Å². The number of pyridine rings is 1. The van der Waals surface area contributed by atoms with Crippen LogP contribution in [0.3, 0.4) is 0 Å². The summed E-state index contributed by atoms with van der Waals surface area (Å²) in [4.78, 5) is 20.7. The second-order valence-electron chi connectivity index (χ2n) is 7.35. The number of fused-ring (bicyclic) bond motifs is 3. The van der Waals surface area contributed by atoms with Crippen LogP contribution in [0.15, 0.2) is 48.8 Å². The molecule has 2 aromatic carbocycles. The molecular formula is C22H22N4O. The third kappa shape index (κ3) is 3.05. The predicted molar refractivity (Wildman–Crippen MR) is 110 cm³/mol. The Morgan fingerprint density at radius 1 is 1.15 bits per heavy atom. The highest BCUT2D eigenvalue weighted by molar-refractivity contribution is 6.07. The van der Waals surface area contributed by atoms with Crippen molar-refractivity contribution in [3.63, 3.8) is 0 Å².